The van der Waals surface area contributed by atoms with Gasteiger partial charge in [-0.25, -0.2) is 0 Å². The number of halogens is 1. The van der Waals surface area contributed by atoms with E-state index in [1.807, 2.05) is 0 Å². The maximum Gasteiger partial charge on any atom is 0.323 e. The lowest BCUT2D eigenvalue weighted by Crippen LogP contribution is -2.48. The minimum absolute atomic E-state index is 0. The first-order valence-electron chi connectivity index (χ1n) is 5.34. The Labute approximate surface area is 98.0 Å². The first-order valence-corrected chi connectivity index (χ1v) is 5.34. The summed E-state index contributed by atoms with van der Waals surface area (Å²) in [5.74, 6) is -0.681. The van der Waals surface area contributed by atoms with Gasteiger partial charge in [-0.2, -0.15) is 0 Å². The molecule has 1 aliphatic rings. The van der Waals surface area contributed by atoms with Crippen molar-refractivity contribution in [2.24, 2.45) is 5.41 Å². The number of hydrogen-bond donors (Lipinski definition) is 2. The molecule has 1 rings (SSSR count). The number of rotatable bonds is 3. The van der Waals surface area contributed by atoms with Crippen molar-refractivity contribution in [1.29, 1.82) is 0 Å². The van der Waals surface area contributed by atoms with Gasteiger partial charge in [0.2, 0.25) is 0 Å². The third-order valence-corrected chi connectivity index (χ3v) is 2.95. The maximum absolute atomic E-state index is 11.2. The van der Waals surface area contributed by atoms with E-state index in [0.29, 0.717) is 0 Å². The first-order chi connectivity index (χ1) is 6.36. The molecule has 1 unspecified atom stereocenters. The van der Waals surface area contributed by atoms with Crippen molar-refractivity contribution in [1.82, 2.24) is 5.32 Å². The van der Waals surface area contributed by atoms with Gasteiger partial charge >= 0.3 is 5.97 Å². The van der Waals surface area contributed by atoms with Crippen molar-refractivity contribution in [2.45, 2.75) is 52.0 Å². The molecule has 1 aliphatic heterocycles. The van der Waals surface area contributed by atoms with Crippen LogP contribution in [0.25, 0.3) is 0 Å². The van der Waals surface area contributed by atoms with E-state index in [1.165, 1.54) is 0 Å². The Kier molecular flexibility index (Phi) is 5.07. The van der Waals surface area contributed by atoms with E-state index >= 15 is 0 Å². The molecule has 2 N–H and O–H groups in total. The van der Waals surface area contributed by atoms with Gasteiger partial charge in [-0.3, -0.25) is 4.79 Å². The minimum Gasteiger partial charge on any atom is -0.480 e. The van der Waals surface area contributed by atoms with Crippen LogP contribution in [-0.2, 0) is 4.79 Å². The Hall–Kier alpha value is -0.280. The van der Waals surface area contributed by atoms with Crippen LogP contribution in [0.1, 0.15) is 46.5 Å². The highest BCUT2D eigenvalue weighted by atomic mass is 35.5. The van der Waals surface area contributed by atoms with E-state index in [2.05, 4.69) is 26.1 Å². The number of carboxylic acids is 1. The molecule has 1 atom stereocenters. The molecule has 1 heterocycles. The number of hydrogen-bond acceptors (Lipinski definition) is 2. The van der Waals surface area contributed by atoms with Crippen LogP contribution >= 0.6 is 12.4 Å². The molecule has 0 amide bonds. The van der Waals surface area contributed by atoms with Crippen LogP contribution in [0, 0.1) is 5.41 Å². The van der Waals surface area contributed by atoms with Gasteiger partial charge in [-0.1, -0.05) is 20.8 Å². The van der Waals surface area contributed by atoms with Gasteiger partial charge in [-0.15, -0.1) is 12.4 Å². The van der Waals surface area contributed by atoms with Crippen LogP contribution in [0.3, 0.4) is 0 Å². The molecule has 0 saturated carbocycles. The number of nitrogens with one attached hydrogen (secondary N) is 1. The molecule has 0 bridgehead atoms. The Balaban J connectivity index is 0.00000196. The minimum atomic E-state index is -0.681. The van der Waals surface area contributed by atoms with E-state index in [-0.39, 0.29) is 17.8 Å². The van der Waals surface area contributed by atoms with E-state index < -0.39 is 11.5 Å². The number of carbonyl (C=O) groups is 1. The molecule has 1 fully saturated rings. The van der Waals surface area contributed by atoms with Crippen molar-refractivity contribution < 1.29 is 9.90 Å². The highest BCUT2D eigenvalue weighted by Crippen LogP contribution is 2.30. The van der Waals surface area contributed by atoms with E-state index in [1.54, 1.807) is 0 Å². The Morgan fingerprint density at radius 2 is 2.07 bits per heavy atom. The second-order valence-corrected chi connectivity index (χ2v) is 5.48. The fraction of sp³-hybridized carbons (Fsp3) is 0.909. The lowest BCUT2D eigenvalue weighted by molar-refractivity contribution is -0.144. The second kappa shape index (κ2) is 5.17. The molecule has 90 valence electrons. The fourth-order valence-corrected chi connectivity index (χ4v) is 1.90. The lowest BCUT2D eigenvalue weighted by atomic mass is 9.82. The molecule has 0 aromatic rings. The smallest absolute Gasteiger partial charge is 0.323 e. The summed E-state index contributed by atoms with van der Waals surface area (Å²) < 4.78 is 0. The summed E-state index contributed by atoms with van der Waals surface area (Å²) in [4.78, 5) is 11.2. The van der Waals surface area contributed by atoms with Gasteiger partial charge in [0, 0.05) is 0 Å². The van der Waals surface area contributed by atoms with Gasteiger partial charge in [0.15, 0.2) is 0 Å². The summed E-state index contributed by atoms with van der Waals surface area (Å²) in [6.45, 7) is 7.29. The van der Waals surface area contributed by atoms with Gasteiger partial charge in [-0.05, 0) is 37.6 Å². The maximum atomic E-state index is 11.2. The number of carboxylic acid groups (broad SMARTS) is 1. The van der Waals surface area contributed by atoms with Crippen LogP contribution in [0.4, 0.5) is 0 Å². The molecule has 0 aromatic heterocycles. The molecule has 0 aromatic carbocycles. The van der Waals surface area contributed by atoms with Crippen molar-refractivity contribution in [3.05, 3.63) is 0 Å². The van der Waals surface area contributed by atoms with E-state index in [0.717, 1.165) is 32.2 Å². The summed E-state index contributed by atoms with van der Waals surface area (Å²) in [5.41, 5.74) is -0.417. The summed E-state index contributed by atoms with van der Waals surface area (Å²) in [6, 6.07) is 0. The molecular weight excluding hydrogens is 214 g/mol. The zero-order valence-corrected chi connectivity index (χ0v) is 10.6. The van der Waals surface area contributed by atoms with Crippen molar-refractivity contribution in [3.8, 4) is 0 Å². The van der Waals surface area contributed by atoms with Crippen LogP contribution in [0.5, 0.6) is 0 Å². The quantitative estimate of drug-likeness (QED) is 0.790. The lowest BCUT2D eigenvalue weighted by Gasteiger charge is -2.28. The average molecular weight is 236 g/mol. The summed E-state index contributed by atoms with van der Waals surface area (Å²) in [5, 5.41) is 12.3. The van der Waals surface area contributed by atoms with E-state index in [4.69, 9.17) is 0 Å². The summed E-state index contributed by atoms with van der Waals surface area (Å²) in [7, 11) is 0. The predicted octanol–water partition coefficient (Wildman–Crippen LogP) is 2.44. The van der Waals surface area contributed by atoms with E-state index in [9.17, 15) is 9.90 Å². The number of aliphatic carboxylic acids is 1. The zero-order valence-electron chi connectivity index (χ0n) is 9.80. The topological polar surface area (TPSA) is 49.3 Å². The third-order valence-electron chi connectivity index (χ3n) is 2.95. The molecule has 3 nitrogen and oxygen atoms in total. The molecule has 0 radical (unpaired) electrons. The Morgan fingerprint density at radius 3 is 2.40 bits per heavy atom. The van der Waals surface area contributed by atoms with Crippen molar-refractivity contribution in [3.63, 3.8) is 0 Å². The van der Waals surface area contributed by atoms with Crippen LogP contribution in [-0.4, -0.2) is 23.2 Å². The van der Waals surface area contributed by atoms with Crippen LogP contribution < -0.4 is 5.32 Å². The van der Waals surface area contributed by atoms with Gasteiger partial charge in [0.1, 0.15) is 5.54 Å². The Morgan fingerprint density at radius 1 is 1.47 bits per heavy atom. The SMILES string of the molecule is CC(C)(C)CCC1(C(=O)O)CCCN1.Cl. The highest BCUT2D eigenvalue weighted by Gasteiger charge is 2.41. The highest BCUT2D eigenvalue weighted by molar-refractivity contribution is 5.85. The largest absolute Gasteiger partial charge is 0.480 e. The third kappa shape index (κ3) is 3.99. The zero-order chi connectivity index (χ0) is 10.8. The molecule has 4 heteroatoms. The molecule has 15 heavy (non-hydrogen) atoms. The standard InChI is InChI=1S/C11H21NO2.ClH/c1-10(2,3)6-7-11(9(13)14)5-4-8-12-11;/h12H,4-8H2,1-3H3,(H,13,14);1H. The van der Waals surface area contributed by atoms with Crippen molar-refractivity contribution in [2.75, 3.05) is 6.54 Å². The second-order valence-electron chi connectivity index (χ2n) is 5.48. The molecule has 0 aliphatic carbocycles. The average Bonchev–Trinajstić information content (AvgIpc) is 2.48. The van der Waals surface area contributed by atoms with Crippen LogP contribution in [0.15, 0.2) is 0 Å². The fourth-order valence-electron chi connectivity index (χ4n) is 1.90. The molecule has 0 spiro atoms. The summed E-state index contributed by atoms with van der Waals surface area (Å²) in [6.07, 6.45) is 3.45. The van der Waals surface area contributed by atoms with Gasteiger partial charge in [0.25, 0.3) is 0 Å². The first kappa shape index (κ1) is 14.7. The van der Waals surface area contributed by atoms with Crippen LogP contribution in [0.2, 0.25) is 0 Å². The molecular formula is C11H22ClNO2. The van der Waals surface area contributed by atoms with Crippen molar-refractivity contribution >= 4 is 18.4 Å². The predicted molar refractivity (Wildman–Crippen MR) is 63.5 cm³/mol. The van der Waals surface area contributed by atoms with Gasteiger partial charge < -0.3 is 10.4 Å². The summed E-state index contributed by atoms with van der Waals surface area (Å²) >= 11 is 0. The van der Waals surface area contributed by atoms with Gasteiger partial charge in [0.05, 0.1) is 0 Å². The Bertz CT molecular complexity index is 217. The monoisotopic (exact) mass is 235 g/mol. The molecule has 1 saturated heterocycles. The normalized spacial score (nSPS) is 26.1.